The van der Waals surface area contributed by atoms with Crippen LogP contribution in [0, 0.1) is 5.82 Å². The summed E-state index contributed by atoms with van der Waals surface area (Å²) in [6.45, 7) is 1.69. The molecular formula is C29H30FN3O5S. The van der Waals surface area contributed by atoms with Gasteiger partial charge in [-0.3, -0.25) is 14.4 Å². The van der Waals surface area contributed by atoms with Crippen LogP contribution in [0.3, 0.4) is 0 Å². The molecule has 0 bridgehead atoms. The standard InChI is InChI=1S/C29H30FN3O5S/c1-2-17-31-28(35)25(19-21-10-4-3-5-11-21)32(20-22-12-6-8-14-24(22)30)27(34)16-18-33-29(36)23-13-7-9-15-26(23)39(33,37)38/h3-15,25H,2,16-20H2,1H3,(H,31,35)/t25-/m1/s1. The molecule has 0 unspecified atom stereocenters. The van der Waals surface area contributed by atoms with Gasteiger partial charge in [0.05, 0.1) is 5.56 Å². The van der Waals surface area contributed by atoms with Crippen molar-refractivity contribution in [1.29, 1.82) is 0 Å². The van der Waals surface area contributed by atoms with Crippen LogP contribution < -0.4 is 5.32 Å². The van der Waals surface area contributed by atoms with Gasteiger partial charge in [0.2, 0.25) is 11.8 Å². The highest BCUT2D eigenvalue weighted by atomic mass is 32.2. The van der Waals surface area contributed by atoms with Gasteiger partial charge in [0.1, 0.15) is 16.8 Å². The Hall–Kier alpha value is -4.05. The second kappa shape index (κ2) is 12.2. The third-order valence-corrected chi connectivity index (χ3v) is 8.40. The average Bonchev–Trinajstić information content (AvgIpc) is 3.13. The van der Waals surface area contributed by atoms with Gasteiger partial charge >= 0.3 is 0 Å². The van der Waals surface area contributed by atoms with E-state index in [0.29, 0.717) is 17.3 Å². The molecule has 1 N–H and O–H groups in total. The van der Waals surface area contributed by atoms with Crippen LogP contribution in [0.4, 0.5) is 4.39 Å². The van der Waals surface area contributed by atoms with Crippen LogP contribution in [0.5, 0.6) is 0 Å². The first-order chi connectivity index (χ1) is 18.7. The van der Waals surface area contributed by atoms with Crippen LogP contribution in [0.2, 0.25) is 0 Å². The van der Waals surface area contributed by atoms with Gasteiger partial charge in [-0.25, -0.2) is 17.1 Å². The Labute approximate surface area is 227 Å². The maximum absolute atomic E-state index is 14.7. The number of carbonyl (C=O) groups is 3. The van der Waals surface area contributed by atoms with E-state index in [2.05, 4.69) is 5.32 Å². The van der Waals surface area contributed by atoms with E-state index in [1.165, 1.54) is 41.3 Å². The highest BCUT2D eigenvalue weighted by Crippen LogP contribution is 2.30. The number of carbonyl (C=O) groups excluding carboxylic acids is 3. The average molecular weight is 552 g/mol. The topological polar surface area (TPSA) is 104 Å². The fourth-order valence-electron chi connectivity index (χ4n) is 4.52. The summed E-state index contributed by atoms with van der Waals surface area (Å²) in [6.07, 6.45) is 0.475. The van der Waals surface area contributed by atoms with E-state index >= 15 is 0 Å². The molecule has 8 nitrogen and oxygen atoms in total. The minimum atomic E-state index is -4.11. The van der Waals surface area contributed by atoms with Crippen molar-refractivity contribution in [2.45, 2.75) is 43.7 Å². The summed E-state index contributed by atoms with van der Waals surface area (Å²) in [5.74, 6) is -2.22. The molecule has 1 aliphatic heterocycles. The molecule has 1 atom stereocenters. The highest BCUT2D eigenvalue weighted by molar-refractivity contribution is 7.90. The highest BCUT2D eigenvalue weighted by Gasteiger charge is 2.41. The Kier molecular flexibility index (Phi) is 8.75. The van der Waals surface area contributed by atoms with Gasteiger partial charge < -0.3 is 10.2 Å². The largest absolute Gasteiger partial charge is 0.354 e. The normalized spacial score (nSPS) is 14.5. The van der Waals surface area contributed by atoms with Crippen molar-refractivity contribution in [1.82, 2.24) is 14.5 Å². The number of sulfonamides is 1. The van der Waals surface area contributed by atoms with Crippen LogP contribution in [0.25, 0.3) is 0 Å². The first-order valence-electron chi connectivity index (χ1n) is 12.7. The molecule has 3 amide bonds. The fourth-order valence-corrected chi connectivity index (χ4v) is 6.09. The van der Waals surface area contributed by atoms with Gasteiger partial charge in [-0.15, -0.1) is 0 Å². The molecular weight excluding hydrogens is 521 g/mol. The second-order valence-corrected chi connectivity index (χ2v) is 11.1. The van der Waals surface area contributed by atoms with E-state index in [1.807, 2.05) is 37.3 Å². The van der Waals surface area contributed by atoms with E-state index < -0.39 is 46.1 Å². The van der Waals surface area contributed by atoms with Gasteiger partial charge in [-0.05, 0) is 30.2 Å². The zero-order valence-electron chi connectivity index (χ0n) is 21.5. The molecule has 4 rings (SSSR count). The lowest BCUT2D eigenvalue weighted by Crippen LogP contribution is -2.51. The van der Waals surface area contributed by atoms with Crippen molar-refractivity contribution in [2.24, 2.45) is 0 Å². The summed E-state index contributed by atoms with van der Waals surface area (Å²) < 4.78 is 41.3. The second-order valence-electron chi connectivity index (χ2n) is 9.24. The minimum absolute atomic E-state index is 0.0501. The number of rotatable bonds is 11. The zero-order chi connectivity index (χ0) is 28.0. The molecule has 10 heteroatoms. The summed E-state index contributed by atoms with van der Waals surface area (Å²) in [6, 6.07) is 20.0. The fraction of sp³-hybridized carbons (Fsp3) is 0.276. The molecule has 0 aromatic heterocycles. The SMILES string of the molecule is CCCNC(=O)[C@@H](Cc1ccccc1)N(Cc1ccccc1F)C(=O)CCN1C(=O)c2ccccc2S1(=O)=O. The van der Waals surface area contributed by atoms with E-state index in [-0.39, 0.29) is 35.4 Å². The Bertz CT molecular complexity index is 1460. The molecule has 0 aliphatic carbocycles. The maximum Gasteiger partial charge on any atom is 0.269 e. The van der Waals surface area contributed by atoms with Gasteiger partial charge in [0, 0.05) is 38.0 Å². The number of benzene rings is 3. The van der Waals surface area contributed by atoms with E-state index in [9.17, 15) is 27.2 Å². The monoisotopic (exact) mass is 551 g/mol. The summed E-state index contributed by atoms with van der Waals surface area (Å²) in [7, 11) is -4.11. The number of halogens is 1. The Morgan fingerprint density at radius 3 is 2.33 bits per heavy atom. The Balaban J connectivity index is 1.63. The van der Waals surface area contributed by atoms with Gasteiger partial charge in [0.15, 0.2) is 0 Å². The number of amides is 3. The van der Waals surface area contributed by atoms with Crippen molar-refractivity contribution in [3.05, 3.63) is 101 Å². The minimum Gasteiger partial charge on any atom is -0.354 e. The van der Waals surface area contributed by atoms with Crippen LogP contribution in [0.1, 0.15) is 41.3 Å². The molecule has 1 aliphatic rings. The molecule has 204 valence electrons. The smallest absolute Gasteiger partial charge is 0.269 e. The molecule has 3 aromatic carbocycles. The lowest BCUT2D eigenvalue weighted by Gasteiger charge is -2.32. The van der Waals surface area contributed by atoms with E-state index in [1.54, 1.807) is 12.1 Å². The van der Waals surface area contributed by atoms with Crippen molar-refractivity contribution < 1.29 is 27.2 Å². The van der Waals surface area contributed by atoms with Crippen molar-refractivity contribution >= 4 is 27.7 Å². The first-order valence-corrected chi connectivity index (χ1v) is 14.2. The molecule has 1 heterocycles. The van der Waals surface area contributed by atoms with Crippen LogP contribution >= 0.6 is 0 Å². The first kappa shape index (κ1) is 28.0. The molecule has 0 saturated carbocycles. The van der Waals surface area contributed by atoms with Gasteiger partial charge in [0.25, 0.3) is 15.9 Å². The summed E-state index contributed by atoms with van der Waals surface area (Å²) in [5.41, 5.74) is 1.06. The van der Waals surface area contributed by atoms with E-state index in [0.717, 1.165) is 5.56 Å². The molecule has 0 spiro atoms. The number of hydrogen-bond acceptors (Lipinski definition) is 5. The van der Waals surface area contributed by atoms with E-state index in [4.69, 9.17) is 0 Å². The lowest BCUT2D eigenvalue weighted by molar-refractivity contribution is -0.141. The predicted molar refractivity (Wildman–Crippen MR) is 143 cm³/mol. The summed E-state index contributed by atoms with van der Waals surface area (Å²) in [5, 5.41) is 2.83. The summed E-state index contributed by atoms with van der Waals surface area (Å²) in [4.78, 5) is 41.0. The third-order valence-electron chi connectivity index (χ3n) is 6.56. The number of nitrogens with one attached hydrogen (secondary N) is 1. The Morgan fingerprint density at radius 1 is 0.974 bits per heavy atom. The summed E-state index contributed by atoms with van der Waals surface area (Å²) >= 11 is 0. The quantitative estimate of drug-likeness (QED) is 0.393. The van der Waals surface area contributed by atoms with Gasteiger partial charge in [-0.2, -0.15) is 0 Å². The third kappa shape index (κ3) is 6.17. The van der Waals surface area contributed by atoms with Gasteiger partial charge in [-0.1, -0.05) is 67.6 Å². The number of hydrogen-bond donors (Lipinski definition) is 1. The molecule has 0 saturated heterocycles. The molecule has 39 heavy (non-hydrogen) atoms. The maximum atomic E-state index is 14.7. The zero-order valence-corrected chi connectivity index (χ0v) is 22.4. The van der Waals surface area contributed by atoms with Crippen LogP contribution in [-0.2, 0) is 32.6 Å². The number of fused-ring (bicyclic) bond motifs is 1. The molecule has 0 fully saturated rings. The van der Waals surface area contributed by atoms with Crippen molar-refractivity contribution in [3.63, 3.8) is 0 Å². The van der Waals surface area contributed by atoms with Crippen molar-refractivity contribution in [3.8, 4) is 0 Å². The predicted octanol–water partition coefficient (Wildman–Crippen LogP) is 3.53. The molecule has 3 aromatic rings. The van der Waals surface area contributed by atoms with Crippen LogP contribution in [0.15, 0.2) is 83.8 Å². The lowest BCUT2D eigenvalue weighted by atomic mass is 10.0. The van der Waals surface area contributed by atoms with Crippen molar-refractivity contribution in [2.75, 3.05) is 13.1 Å². The Morgan fingerprint density at radius 2 is 1.64 bits per heavy atom. The molecule has 0 radical (unpaired) electrons. The van der Waals surface area contributed by atoms with Crippen LogP contribution in [-0.4, -0.2) is 54.5 Å². The number of nitrogens with zero attached hydrogens (tertiary/aromatic N) is 2.